The van der Waals surface area contributed by atoms with Crippen molar-refractivity contribution in [1.82, 2.24) is 4.98 Å². The molecule has 0 bridgehead atoms. The number of alkyl halides is 3. The first-order valence-electron chi connectivity index (χ1n) is 4.70. The zero-order valence-electron chi connectivity index (χ0n) is 8.65. The van der Waals surface area contributed by atoms with E-state index < -0.39 is 17.3 Å². The van der Waals surface area contributed by atoms with Crippen molar-refractivity contribution >= 4 is 22.5 Å². The molecule has 90 valence electrons. The zero-order chi connectivity index (χ0) is 12.8. The number of nitrogens with one attached hydrogen (secondary N) is 1. The van der Waals surface area contributed by atoms with E-state index in [4.69, 9.17) is 11.6 Å². The van der Waals surface area contributed by atoms with Crippen LogP contribution in [0.25, 0.3) is 10.9 Å². The van der Waals surface area contributed by atoms with Crippen LogP contribution in [0.2, 0.25) is 5.02 Å². The molecule has 2 rings (SSSR count). The van der Waals surface area contributed by atoms with Gasteiger partial charge in [0.05, 0.1) is 5.52 Å². The number of halogens is 4. The Morgan fingerprint density at radius 2 is 1.94 bits per heavy atom. The Bertz CT molecular complexity index is 645. The Morgan fingerprint density at radius 1 is 1.29 bits per heavy atom. The third kappa shape index (κ3) is 2.02. The summed E-state index contributed by atoms with van der Waals surface area (Å²) in [5.41, 5.74) is -1.20. The maximum Gasteiger partial charge on any atom is 0.431 e. The molecule has 1 aromatic carbocycles. The molecule has 0 spiro atoms. The van der Waals surface area contributed by atoms with Crippen LogP contribution in [0.4, 0.5) is 13.2 Å². The minimum absolute atomic E-state index is 0.123. The molecule has 0 aliphatic heterocycles. The summed E-state index contributed by atoms with van der Waals surface area (Å²) < 4.78 is 37.6. The zero-order valence-corrected chi connectivity index (χ0v) is 9.41. The lowest BCUT2D eigenvalue weighted by Crippen LogP contribution is -2.14. The minimum atomic E-state index is -4.58. The number of aromatic nitrogens is 1. The number of rotatable bonds is 0. The number of aromatic amines is 1. The molecule has 1 aromatic heterocycles. The van der Waals surface area contributed by atoms with Gasteiger partial charge < -0.3 is 4.98 Å². The van der Waals surface area contributed by atoms with E-state index in [1.165, 1.54) is 12.1 Å². The van der Waals surface area contributed by atoms with E-state index in [-0.39, 0.29) is 10.9 Å². The van der Waals surface area contributed by atoms with Gasteiger partial charge in [-0.25, -0.2) is 0 Å². The largest absolute Gasteiger partial charge is 0.431 e. The van der Waals surface area contributed by atoms with E-state index in [2.05, 4.69) is 4.98 Å². The summed E-state index contributed by atoms with van der Waals surface area (Å²) in [4.78, 5) is 13.8. The van der Waals surface area contributed by atoms with Gasteiger partial charge in [-0.2, -0.15) is 13.2 Å². The second kappa shape index (κ2) is 3.77. The molecule has 0 fully saturated rings. The molecule has 0 aliphatic rings. The van der Waals surface area contributed by atoms with Crippen LogP contribution < -0.4 is 5.43 Å². The van der Waals surface area contributed by atoms with Gasteiger partial charge in [-0.15, -0.1) is 0 Å². The molecular formula is C11H7ClF3NO. The number of aryl methyl sites for hydroxylation is 1. The summed E-state index contributed by atoms with van der Waals surface area (Å²) in [6.07, 6.45) is -4.58. The normalized spacial score (nSPS) is 12.1. The molecule has 0 radical (unpaired) electrons. The highest BCUT2D eigenvalue weighted by Gasteiger charge is 2.32. The van der Waals surface area contributed by atoms with E-state index in [0.717, 1.165) is 0 Å². The molecule has 6 heteroatoms. The lowest BCUT2D eigenvalue weighted by molar-refractivity contribution is -0.141. The highest BCUT2D eigenvalue weighted by Crippen LogP contribution is 2.29. The maximum absolute atomic E-state index is 12.5. The molecule has 17 heavy (non-hydrogen) atoms. The Balaban J connectivity index is 2.89. The van der Waals surface area contributed by atoms with Crippen LogP contribution in [0.1, 0.15) is 11.3 Å². The summed E-state index contributed by atoms with van der Waals surface area (Å²) in [6.45, 7) is 1.56. The number of hydrogen-bond acceptors (Lipinski definition) is 1. The summed E-state index contributed by atoms with van der Waals surface area (Å²) in [6, 6.07) is 3.45. The van der Waals surface area contributed by atoms with Crippen molar-refractivity contribution < 1.29 is 13.2 Å². The maximum atomic E-state index is 12.5. The van der Waals surface area contributed by atoms with Crippen LogP contribution >= 0.6 is 11.6 Å². The molecular weight excluding hydrogens is 255 g/mol. The van der Waals surface area contributed by atoms with Gasteiger partial charge in [0.2, 0.25) is 0 Å². The van der Waals surface area contributed by atoms with Crippen molar-refractivity contribution in [2.75, 3.05) is 0 Å². The van der Waals surface area contributed by atoms with Gasteiger partial charge in [-0.05, 0) is 24.6 Å². The molecule has 2 aromatic rings. The molecule has 0 unspecified atom stereocenters. The van der Waals surface area contributed by atoms with Crippen molar-refractivity contribution in [2.45, 2.75) is 13.1 Å². The van der Waals surface area contributed by atoms with Crippen molar-refractivity contribution in [1.29, 1.82) is 0 Å². The average Bonchev–Trinajstić information content (AvgIpc) is 2.22. The predicted molar refractivity (Wildman–Crippen MR) is 59.3 cm³/mol. The smallest absolute Gasteiger partial charge is 0.351 e. The summed E-state index contributed by atoms with van der Waals surface area (Å²) >= 11 is 5.80. The van der Waals surface area contributed by atoms with Gasteiger partial charge in [-0.3, -0.25) is 4.79 Å². The molecule has 0 saturated heterocycles. The monoisotopic (exact) mass is 261 g/mol. The molecule has 0 aliphatic carbocycles. The second-order valence-corrected chi connectivity index (χ2v) is 4.05. The second-order valence-electron chi connectivity index (χ2n) is 3.64. The van der Waals surface area contributed by atoms with Crippen LogP contribution in [0.5, 0.6) is 0 Å². The first-order valence-corrected chi connectivity index (χ1v) is 5.08. The number of benzene rings is 1. The van der Waals surface area contributed by atoms with Gasteiger partial charge >= 0.3 is 6.18 Å². The SMILES string of the molecule is Cc1c(Cl)ccc2c(=O)cc(C(F)(F)F)[nH]c12. The van der Waals surface area contributed by atoms with Crippen molar-refractivity contribution in [3.8, 4) is 0 Å². The number of pyridine rings is 1. The Morgan fingerprint density at radius 3 is 2.53 bits per heavy atom. The fourth-order valence-electron chi connectivity index (χ4n) is 1.58. The minimum Gasteiger partial charge on any atom is -0.351 e. The fraction of sp³-hybridized carbons (Fsp3) is 0.182. The lowest BCUT2D eigenvalue weighted by Gasteiger charge is -2.10. The number of hydrogen-bond donors (Lipinski definition) is 1. The van der Waals surface area contributed by atoms with Gasteiger partial charge in [-0.1, -0.05) is 11.6 Å². The first-order chi connectivity index (χ1) is 7.80. The van der Waals surface area contributed by atoms with Crippen LogP contribution in [-0.4, -0.2) is 4.98 Å². The molecule has 1 N–H and O–H groups in total. The molecule has 0 saturated carbocycles. The Hall–Kier alpha value is -1.49. The summed E-state index contributed by atoms with van der Waals surface area (Å²) in [5, 5.41) is 0.507. The third-order valence-corrected chi connectivity index (χ3v) is 2.91. The molecule has 2 nitrogen and oxygen atoms in total. The van der Waals surface area contributed by atoms with Crippen LogP contribution in [-0.2, 0) is 6.18 Å². The molecule has 1 heterocycles. The highest BCUT2D eigenvalue weighted by atomic mass is 35.5. The van der Waals surface area contributed by atoms with E-state index in [1.807, 2.05) is 0 Å². The molecule has 0 amide bonds. The van der Waals surface area contributed by atoms with Gasteiger partial charge in [0.15, 0.2) is 5.43 Å². The Labute approximate surface area is 99.0 Å². The van der Waals surface area contributed by atoms with Gasteiger partial charge in [0.25, 0.3) is 0 Å². The standard InChI is InChI=1S/C11H7ClF3NO/c1-5-7(12)3-2-6-8(17)4-9(11(13,14)15)16-10(5)6/h2-4H,1H3,(H,16,17). The van der Waals surface area contributed by atoms with Crippen LogP contribution in [0.15, 0.2) is 23.0 Å². The van der Waals surface area contributed by atoms with Crippen LogP contribution in [0.3, 0.4) is 0 Å². The predicted octanol–water partition coefficient (Wildman–Crippen LogP) is 3.51. The van der Waals surface area contributed by atoms with E-state index in [0.29, 0.717) is 16.7 Å². The van der Waals surface area contributed by atoms with E-state index >= 15 is 0 Å². The summed E-state index contributed by atoms with van der Waals surface area (Å²) in [7, 11) is 0. The number of fused-ring (bicyclic) bond motifs is 1. The highest BCUT2D eigenvalue weighted by molar-refractivity contribution is 6.32. The van der Waals surface area contributed by atoms with Crippen LogP contribution in [0, 0.1) is 6.92 Å². The van der Waals surface area contributed by atoms with Gasteiger partial charge in [0.1, 0.15) is 5.69 Å². The topological polar surface area (TPSA) is 32.9 Å². The quantitative estimate of drug-likeness (QED) is 0.773. The van der Waals surface area contributed by atoms with Crippen molar-refractivity contribution in [2.24, 2.45) is 0 Å². The van der Waals surface area contributed by atoms with Crippen molar-refractivity contribution in [3.63, 3.8) is 0 Å². The lowest BCUT2D eigenvalue weighted by atomic mass is 10.1. The third-order valence-electron chi connectivity index (χ3n) is 2.50. The van der Waals surface area contributed by atoms with Crippen molar-refractivity contribution in [3.05, 3.63) is 44.7 Å². The van der Waals surface area contributed by atoms with Gasteiger partial charge in [0, 0.05) is 16.5 Å². The molecule has 0 atom stereocenters. The first kappa shape index (κ1) is 12.0. The number of H-pyrrole nitrogens is 1. The average molecular weight is 262 g/mol. The fourth-order valence-corrected chi connectivity index (χ4v) is 1.74. The summed E-state index contributed by atoms with van der Waals surface area (Å²) in [5.74, 6) is 0. The Kier molecular flexibility index (Phi) is 2.66. The van der Waals surface area contributed by atoms with E-state index in [9.17, 15) is 18.0 Å². The van der Waals surface area contributed by atoms with E-state index in [1.54, 1.807) is 6.92 Å².